The lowest BCUT2D eigenvalue weighted by Gasteiger charge is -2.19. The number of aromatic nitrogens is 1. The molecule has 0 aliphatic carbocycles. The van der Waals surface area contributed by atoms with Gasteiger partial charge in [-0.25, -0.2) is 0 Å². The maximum Gasteiger partial charge on any atom is 0.163 e. The first-order valence-corrected chi connectivity index (χ1v) is 7.51. The second-order valence-corrected chi connectivity index (χ2v) is 5.92. The highest BCUT2D eigenvalue weighted by molar-refractivity contribution is 5.97. The van der Waals surface area contributed by atoms with E-state index in [1.54, 1.807) is 7.11 Å². The number of para-hydroxylation sites is 1. The number of benzene rings is 2. The predicted molar refractivity (Wildman–Crippen MR) is 90.8 cm³/mol. The van der Waals surface area contributed by atoms with E-state index in [2.05, 4.69) is 31.0 Å². The average molecular weight is 295 g/mol. The van der Waals surface area contributed by atoms with Crippen LogP contribution in [0, 0.1) is 6.92 Å². The van der Waals surface area contributed by atoms with Gasteiger partial charge in [0.15, 0.2) is 11.5 Å². The Labute approximate surface area is 130 Å². The van der Waals surface area contributed by atoms with E-state index in [1.165, 1.54) is 5.56 Å². The number of aromatic hydroxyl groups is 1. The van der Waals surface area contributed by atoms with Crippen molar-refractivity contribution in [1.82, 2.24) is 4.98 Å². The van der Waals surface area contributed by atoms with E-state index in [9.17, 15) is 5.11 Å². The molecular weight excluding hydrogens is 274 g/mol. The first kappa shape index (κ1) is 14.5. The molecule has 0 fully saturated rings. The minimum Gasteiger partial charge on any atom is -0.504 e. The first-order valence-electron chi connectivity index (χ1n) is 7.51. The van der Waals surface area contributed by atoms with Gasteiger partial charge in [0.2, 0.25) is 0 Å². The van der Waals surface area contributed by atoms with Gasteiger partial charge in [-0.3, -0.25) is 0 Å². The van der Waals surface area contributed by atoms with Crippen LogP contribution >= 0.6 is 0 Å². The summed E-state index contributed by atoms with van der Waals surface area (Å²) < 4.78 is 5.37. The van der Waals surface area contributed by atoms with Gasteiger partial charge in [0.25, 0.3) is 0 Å². The smallest absolute Gasteiger partial charge is 0.163 e. The minimum absolute atomic E-state index is 0.185. The van der Waals surface area contributed by atoms with Crippen LogP contribution in [0.5, 0.6) is 11.5 Å². The summed E-state index contributed by atoms with van der Waals surface area (Å²) in [7, 11) is 1.59. The number of methoxy groups -OCH3 is 1. The summed E-state index contributed by atoms with van der Waals surface area (Å²) in [4.78, 5) is 3.31. The monoisotopic (exact) mass is 295 g/mol. The molecule has 1 heterocycles. The van der Waals surface area contributed by atoms with Crippen LogP contribution in [0.4, 0.5) is 0 Å². The Balaban J connectivity index is 2.35. The summed E-state index contributed by atoms with van der Waals surface area (Å²) >= 11 is 0. The SMILES string of the molecule is COc1c(O)cc(-c2c[nH]c3ccccc23)c(C(C)C)c1C. The van der Waals surface area contributed by atoms with E-state index in [0.717, 1.165) is 27.6 Å². The molecule has 0 saturated heterocycles. The summed E-state index contributed by atoms with van der Waals surface area (Å²) in [6.45, 7) is 6.33. The molecule has 0 saturated carbocycles. The molecule has 2 N–H and O–H groups in total. The number of phenolic OH excluding ortho intramolecular Hbond substituents is 1. The molecule has 0 aliphatic rings. The standard InChI is InChI=1S/C19H21NO2/c1-11(2)18-12(3)19(22-4)17(21)9-14(18)15-10-20-16-8-6-5-7-13(15)16/h5-11,20-21H,1-4H3. The van der Waals surface area contributed by atoms with Crippen molar-refractivity contribution in [3.8, 4) is 22.6 Å². The highest BCUT2D eigenvalue weighted by Gasteiger charge is 2.20. The fourth-order valence-electron chi connectivity index (χ4n) is 3.32. The largest absolute Gasteiger partial charge is 0.504 e. The molecular formula is C19H21NO2. The fraction of sp³-hybridized carbons (Fsp3) is 0.263. The zero-order valence-corrected chi connectivity index (χ0v) is 13.4. The Morgan fingerprint density at radius 3 is 2.55 bits per heavy atom. The van der Waals surface area contributed by atoms with Gasteiger partial charge < -0.3 is 14.8 Å². The number of H-pyrrole nitrogens is 1. The number of rotatable bonds is 3. The number of aromatic amines is 1. The molecule has 3 heteroatoms. The van der Waals surface area contributed by atoms with Crippen LogP contribution < -0.4 is 4.74 Å². The van der Waals surface area contributed by atoms with E-state index in [0.29, 0.717) is 11.7 Å². The molecule has 3 nitrogen and oxygen atoms in total. The molecule has 0 atom stereocenters. The molecule has 114 valence electrons. The molecule has 22 heavy (non-hydrogen) atoms. The number of nitrogens with one attached hydrogen (secondary N) is 1. The second-order valence-electron chi connectivity index (χ2n) is 5.92. The Morgan fingerprint density at radius 2 is 1.86 bits per heavy atom. The number of ether oxygens (including phenoxy) is 1. The Bertz CT molecular complexity index is 831. The van der Waals surface area contributed by atoms with Crippen molar-refractivity contribution in [2.24, 2.45) is 0 Å². The topological polar surface area (TPSA) is 45.2 Å². The average Bonchev–Trinajstić information content (AvgIpc) is 2.90. The third-order valence-corrected chi connectivity index (χ3v) is 4.21. The third-order valence-electron chi connectivity index (χ3n) is 4.21. The molecule has 2 aromatic carbocycles. The van der Waals surface area contributed by atoms with E-state index < -0.39 is 0 Å². The lowest BCUT2D eigenvalue weighted by atomic mass is 9.88. The maximum atomic E-state index is 10.3. The zero-order valence-electron chi connectivity index (χ0n) is 13.4. The maximum absolute atomic E-state index is 10.3. The van der Waals surface area contributed by atoms with Crippen molar-refractivity contribution in [2.75, 3.05) is 7.11 Å². The summed E-state index contributed by atoms with van der Waals surface area (Å²) in [6, 6.07) is 10.0. The molecule has 0 unspecified atom stereocenters. The van der Waals surface area contributed by atoms with Gasteiger partial charge >= 0.3 is 0 Å². The molecule has 0 amide bonds. The summed E-state index contributed by atoms with van der Waals surface area (Å²) in [6.07, 6.45) is 2.01. The van der Waals surface area contributed by atoms with Crippen LogP contribution in [0.15, 0.2) is 36.5 Å². The van der Waals surface area contributed by atoms with Crippen molar-refractivity contribution in [2.45, 2.75) is 26.7 Å². The molecule has 0 bridgehead atoms. The van der Waals surface area contributed by atoms with Gasteiger partial charge in [-0.15, -0.1) is 0 Å². The summed E-state index contributed by atoms with van der Waals surface area (Å²) in [5.74, 6) is 1.08. The van der Waals surface area contributed by atoms with Crippen LogP contribution in [0.25, 0.3) is 22.0 Å². The van der Waals surface area contributed by atoms with Crippen molar-refractivity contribution in [1.29, 1.82) is 0 Å². The minimum atomic E-state index is 0.185. The van der Waals surface area contributed by atoms with E-state index >= 15 is 0 Å². The molecule has 0 aliphatic heterocycles. The lowest BCUT2D eigenvalue weighted by molar-refractivity contribution is 0.370. The van der Waals surface area contributed by atoms with Crippen molar-refractivity contribution < 1.29 is 9.84 Å². The van der Waals surface area contributed by atoms with Crippen molar-refractivity contribution in [3.63, 3.8) is 0 Å². The number of hydrogen-bond donors (Lipinski definition) is 2. The molecule has 1 aromatic heterocycles. The van der Waals surface area contributed by atoms with Crippen LogP contribution in [-0.4, -0.2) is 17.2 Å². The number of phenols is 1. The predicted octanol–water partition coefficient (Wildman–Crippen LogP) is 4.98. The van der Waals surface area contributed by atoms with E-state index in [-0.39, 0.29) is 5.75 Å². The first-order chi connectivity index (χ1) is 10.5. The van der Waals surface area contributed by atoms with E-state index in [4.69, 9.17) is 4.74 Å². The van der Waals surface area contributed by atoms with Crippen molar-refractivity contribution in [3.05, 3.63) is 47.7 Å². The molecule has 0 radical (unpaired) electrons. The van der Waals surface area contributed by atoms with Gasteiger partial charge in [-0.1, -0.05) is 32.0 Å². The number of hydrogen-bond acceptors (Lipinski definition) is 2. The highest BCUT2D eigenvalue weighted by atomic mass is 16.5. The van der Waals surface area contributed by atoms with Gasteiger partial charge in [-0.05, 0) is 41.7 Å². The normalized spacial score (nSPS) is 11.3. The Hall–Kier alpha value is -2.42. The van der Waals surface area contributed by atoms with Crippen molar-refractivity contribution >= 4 is 10.9 Å². The lowest BCUT2D eigenvalue weighted by Crippen LogP contribution is -2.00. The highest BCUT2D eigenvalue weighted by Crippen LogP contribution is 2.43. The van der Waals surface area contributed by atoms with Gasteiger partial charge in [0.05, 0.1) is 7.11 Å². The Kier molecular flexibility index (Phi) is 3.57. The van der Waals surface area contributed by atoms with Gasteiger partial charge in [0, 0.05) is 22.7 Å². The molecule has 3 aromatic rings. The van der Waals surface area contributed by atoms with Gasteiger partial charge in [-0.2, -0.15) is 0 Å². The quantitative estimate of drug-likeness (QED) is 0.715. The Morgan fingerprint density at radius 1 is 1.14 bits per heavy atom. The van der Waals surface area contributed by atoms with Gasteiger partial charge in [0.1, 0.15) is 0 Å². The molecule has 3 rings (SSSR count). The zero-order chi connectivity index (χ0) is 15.9. The van der Waals surface area contributed by atoms with E-state index in [1.807, 2.05) is 31.3 Å². The summed E-state index contributed by atoms with van der Waals surface area (Å²) in [5.41, 5.74) is 5.47. The third kappa shape index (κ3) is 2.13. The van der Waals surface area contributed by atoms with Crippen LogP contribution in [0.1, 0.15) is 30.9 Å². The van der Waals surface area contributed by atoms with Crippen LogP contribution in [-0.2, 0) is 0 Å². The fourth-order valence-corrected chi connectivity index (χ4v) is 3.32. The molecule has 0 spiro atoms. The van der Waals surface area contributed by atoms with Crippen LogP contribution in [0.3, 0.4) is 0 Å². The number of fused-ring (bicyclic) bond motifs is 1. The van der Waals surface area contributed by atoms with Crippen LogP contribution in [0.2, 0.25) is 0 Å². The summed E-state index contributed by atoms with van der Waals surface area (Å²) in [5, 5.41) is 11.5. The second kappa shape index (κ2) is 5.41.